The fourth-order valence-electron chi connectivity index (χ4n) is 2.75. The molecule has 3 rings (SSSR count). The fraction of sp³-hybridized carbons (Fsp3) is 0.111. The molecule has 0 spiro atoms. The van der Waals surface area contributed by atoms with Crippen LogP contribution in [0.4, 0.5) is 0 Å². The van der Waals surface area contributed by atoms with Gasteiger partial charge >= 0.3 is 0 Å². The third-order valence-electron chi connectivity index (χ3n) is 3.83. The Labute approximate surface area is 139 Å². The Morgan fingerprint density at radius 3 is 2.48 bits per heavy atom. The van der Waals surface area contributed by atoms with Crippen molar-refractivity contribution in [2.75, 3.05) is 0 Å². The lowest BCUT2D eigenvalue weighted by Crippen LogP contribution is -2.13. The number of phenols is 1. The first-order valence-corrected chi connectivity index (χ1v) is 7.67. The summed E-state index contributed by atoms with van der Waals surface area (Å²) >= 11 is 3.98. The van der Waals surface area contributed by atoms with Crippen molar-refractivity contribution >= 4 is 17.7 Å². The van der Waals surface area contributed by atoms with Crippen LogP contribution < -0.4 is 0 Å². The van der Waals surface area contributed by atoms with Crippen LogP contribution in [0.1, 0.15) is 27.4 Å². The van der Waals surface area contributed by atoms with Crippen LogP contribution in [0.15, 0.2) is 67.3 Å². The Morgan fingerprint density at radius 2 is 1.83 bits per heavy atom. The minimum absolute atomic E-state index is 0.183. The van der Waals surface area contributed by atoms with Gasteiger partial charge in [0.05, 0.1) is 6.33 Å². The molecule has 23 heavy (non-hydrogen) atoms. The second-order valence-corrected chi connectivity index (χ2v) is 5.67. The summed E-state index contributed by atoms with van der Waals surface area (Å²) in [6, 6.07) is 14.5. The SMILES string of the molecule is O=C(S)c1ccccc1C(Cn1ccnc1)c1ccccc1O. The van der Waals surface area contributed by atoms with Gasteiger partial charge in [-0.3, -0.25) is 4.79 Å². The third kappa shape index (κ3) is 3.29. The van der Waals surface area contributed by atoms with Crippen molar-refractivity contribution in [1.29, 1.82) is 0 Å². The van der Waals surface area contributed by atoms with Gasteiger partial charge in [-0.1, -0.05) is 42.5 Å². The number of nitrogens with zero attached hydrogens (tertiary/aromatic N) is 2. The molecule has 1 heterocycles. The van der Waals surface area contributed by atoms with Crippen molar-refractivity contribution in [3.63, 3.8) is 0 Å². The highest BCUT2D eigenvalue weighted by Gasteiger charge is 2.22. The lowest BCUT2D eigenvalue weighted by atomic mass is 9.87. The molecular formula is C18H16N2O2S. The van der Waals surface area contributed by atoms with E-state index in [-0.39, 0.29) is 16.8 Å². The van der Waals surface area contributed by atoms with E-state index in [0.717, 1.165) is 11.1 Å². The van der Waals surface area contributed by atoms with Crippen molar-refractivity contribution in [3.8, 4) is 5.75 Å². The lowest BCUT2D eigenvalue weighted by Gasteiger charge is -2.21. The zero-order valence-electron chi connectivity index (χ0n) is 12.3. The van der Waals surface area contributed by atoms with Gasteiger partial charge in [0.1, 0.15) is 5.75 Å². The topological polar surface area (TPSA) is 55.1 Å². The smallest absolute Gasteiger partial charge is 0.216 e. The molecular weight excluding hydrogens is 308 g/mol. The molecule has 1 atom stereocenters. The van der Waals surface area contributed by atoms with Gasteiger partial charge in [0.15, 0.2) is 0 Å². The molecule has 5 heteroatoms. The first kappa shape index (κ1) is 15.4. The minimum atomic E-state index is -0.286. The minimum Gasteiger partial charge on any atom is -0.508 e. The molecule has 1 aromatic heterocycles. The normalized spacial score (nSPS) is 12.0. The number of para-hydroxylation sites is 1. The molecule has 0 fully saturated rings. The molecule has 0 radical (unpaired) electrons. The van der Waals surface area contributed by atoms with Crippen molar-refractivity contribution in [2.24, 2.45) is 0 Å². The maximum Gasteiger partial charge on any atom is 0.216 e. The van der Waals surface area contributed by atoms with Crippen LogP contribution >= 0.6 is 12.6 Å². The second kappa shape index (κ2) is 6.71. The Balaban J connectivity index is 2.13. The van der Waals surface area contributed by atoms with E-state index >= 15 is 0 Å². The Kier molecular flexibility index (Phi) is 4.48. The summed E-state index contributed by atoms with van der Waals surface area (Å²) in [5, 5.41) is 9.99. The molecule has 0 saturated heterocycles. The number of aromatic hydroxyl groups is 1. The van der Waals surface area contributed by atoms with Crippen molar-refractivity contribution in [1.82, 2.24) is 9.55 Å². The van der Waals surface area contributed by atoms with E-state index in [2.05, 4.69) is 17.6 Å². The van der Waals surface area contributed by atoms with Gasteiger partial charge in [-0.15, -0.1) is 12.6 Å². The van der Waals surface area contributed by atoms with Crippen LogP contribution in [0, 0.1) is 0 Å². The largest absolute Gasteiger partial charge is 0.508 e. The number of phenolic OH excluding ortho intramolecular Hbond substituents is 1. The monoisotopic (exact) mass is 324 g/mol. The average Bonchev–Trinajstić information content (AvgIpc) is 3.06. The second-order valence-electron chi connectivity index (χ2n) is 5.26. The van der Waals surface area contributed by atoms with Crippen LogP contribution in [0.3, 0.4) is 0 Å². The molecule has 0 saturated carbocycles. The molecule has 0 bridgehead atoms. The first-order valence-electron chi connectivity index (χ1n) is 7.22. The van der Waals surface area contributed by atoms with Gasteiger partial charge in [-0.05, 0) is 11.6 Å². The van der Waals surface area contributed by atoms with E-state index in [4.69, 9.17) is 0 Å². The summed E-state index contributed by atoms with van der Waals surface area (Å²) in [4.78, 5) is 15.9. The van der Waals surface area contributed by atoms with Gasteiger partial charge in [0.2, 0.25) is 5.12 Å². The van der Waals surface area contributed by atoms with Crippen LogP contribution in [0.5, 0.6) is 5.75 Å². The molecule has 1 N–H and O–H groups in total. The molecule has 4 nitrogen and oxygen atoms in total. The summed E-state index contributed by atoms with van der Waals surface area (Å²) in [5.74, 6) is 0.0248. The number of hydrogen-bond acceptors (Lipinski definition) is 3. The number of carbonyl (C=O) groups excluding carboxylic acids is 1. The molecule has 0 aliphatic rings. The van der Waals surface area contributed by atoms with Gasteiger partial charge in [0, 0.05) is 36.0 Å². The van der Waals surface area contributed by atoms with Crippen LogP contribution in [0.2, 0.25) is 0 Å². The maximum absolute atomic E-state index is 11.9. The Bertz CT molecular complexity index is 815. The molecule has 1 unspecified atom stereocenters. The number of rotatable bonds is 5. The zero-order valence-corrected chi connectivity index (χ0v) is 13.2. The van der Waals surface area contributed by atoms with E-state index in [9.17, 15) is 9.90 Å². The van der Waals surface area contributed by atoms with E-state index in [1.165, 1.54) is 0 Å². The van der Waals surface area contributed by atoms with Gasteiger partial charge in [-0.2, -0.15) is 0 Å². The highest BCUT2D eigenvalue weighted by molar-refractivity contribution is 7.97. The van der Waals surface area contributed by atoms with Crippen LogP contribution in [0.25, 0.3) is 0 Å². The van der Waals surface area contributed by atoms with E-state index in [1.807, 2.05) is 41.1 Å². The quantitative estimate of drug-likeness (QED) is 0.706. The van der Waals surface area contributed by atoms with Crippen molar-refractivity contribution in [3.05, 3.63) is 83.9 Å². The summed E-state index contributed by atoms with van der Waals surface area (Å²) in [5.41, 5.74) is 2.15. The third-order valence-corrected chi connectivity index (χ3v) is 4.07. The molecule has 3 aromatic rings. The number of aromatic nitrogens is 2. The van der Waals surface area contributed by atoms with Gasteiger partial charge in [-0.25, -0.2) is 4.98 Å². The van der Waals surface area contributed by atoms with Crippen LogP contribution in [-0.2, 0) is 6.54 Å². The van der Waals surface area contributed by atoms with Gasteiger partial charge in [0.25, 0.3) is 0 Å². The number of carbonyl (C=O) groups is 1. The number of hydrogen-bond donors (Lipinski definition) is 2. The maximum atomic E-state index is 11.9. The number of imidazole rings is 1. The molecule has 2 aromatic carbocycles. The molecule has 0 aliphatic carbocycles. The van der Waals surface area contributed by atoms with Gasteiger partial charge < -0.3 is 9.67 Å². The fourth-order valence-corrected chi connectivity index (χ4v) is 2.95. The van der Waals surface area contributed by atoms with E-state index in [0.29, 0.717) is 12.1 Å². The first-order chi connectivity index (χ1) is 11.2. The molecule has 116 valence electrons. The molecule has 0 aliphatic heterocycles. The lowest BCUT2D eigenvalue weighted by molar-refractivity contribution is 0.109. The van der Waals surface area contributed by atoms with Crippen LogP contribution in [-0.4, -0.2) is 19.8 Å². The number of benzene rings is 2. The molecule has 0 amide bonds. The van der Waals surface area contributed by atoms with Crippen molar-refractivity contribution < 1.29 is 9.90 Å². The summed E-state index contributed by atoms with van der Waals surface area (Å²) in [6.07, 6.45) is 5.29. The predicted molar refractivity (Wildman–Crippen MR) is 91.9 cm³/mol. The highest BCUT2D eigenvalue weighted by Crippen LogP contribution is 2.34. The zero-order chi connectivity index (χ0) is 16.2. The predicted octanol–water partition coefficient (Wildman–Crippen LogP) is 3.49. The Hall–Kier alpha value is -2.53. The average molecular weight is 324 g/mol. The summed E-state index contributed by atoms with van der Waals surface area (Å²) in [6.45, 7) is 0.565. The summed E-state index contributed by atoms with van der Waals surface area (Å²) in [7, 11) is 0. The standard InChI is InChI=1S/C18H16N2O2S/c21-17-8-4-3-6-14(17)16(11-20-10-9-19-12-20)13-5-1-2-7-15(13)18(22)23/h1-10,12,16,21H,11H2,(H,22,23). The highest BCUT2D eigenvalue weighted by atomic mass is 32.1. The van der Waals surface area contributed by atoms with Crippen molar-refractivity contribution in [2.45, 2.75) is 12.5 Å². The van der Waals surface area contributed by atoms with E-state index in [1.54, 1.807) is 30.7 Å². The summed E-state index contributed by atoms with van der Waals surface area (Å²) < 4.78 is 1.93. The Morgan fingerprint density at radius 1 is 1.13 bits per heavy atom. The van der Waals surface area contributed by atoms with E-state index < -0.39 is 0 Å². The number of thiol groups is 1.